The zero-order valence-electron chi connectivity index (χ0n) is 10.0. The fraction of sp³-hybridized carbons (Fsp3) is 0.462. The van der Waals surface area contributed by atoms with Crippen molar-refractivity contribution in [3.63, 3.8) is 0 Å². The number of hydrogen-bond donors (Lipinski definition) is 2. The lowest BCUT2D eigenvalue weighted by atomic mass is 10.0. The minimum absolute atomic E-state index is 0.0278. The van der Waals surface area contributed by atoms with Crippen molar-refractivity contribution in [2.24, 2.45) is 0 Å². The Balaban J connectivity index is 2.11. The number of nitrogens with zero attached hydrogens (tertiary/aromatic N) is 1. The van der Waals surface area contributed by atoms with Gasteiger partial charge >= 0.3 is 0 Å². The van der Waals surface area contributed by atoms with E-state index in [9.17, 15) is 9.90 Å². The second kappa shape index (κ2) is 4.75. The summed E-state index contributed by atoms with van der Waals surface area (Å²) in [5.74, 6) is 0.0278. The number of aliphatic hydroxyl groups is 1. The lowest BCUT2D eigenvalue weighted by Gasteiger charge is -2.29. The second-order valence-corrected chi connectivity index (χ2v) is 4.59. The van der Waals surface area contributed by atoms with Gasteiger partial charge in [0.1, 0.15) is 0 Å². The number of amides is 1. The number of piperidine rings is 1. The third-order valence-electron chi connectivity index (χ3n) is 3.27. The molecule has 1 aliphatic rings. The number of carbonyl (C=O) groups is 1. The highest BCUT2D eigenvalue weighted by Crippen LogP contribution is 2.17. The number of aryl methyl sites for hydroxylation is 1. The summed E-state index contributed by atoms with van der Waals surface area (Å²) in [7, 11) is 0. The van der Waals surface area contributed by atoms with E-state index < -0.39 is 0 Å². The van der Waals surface area contributed by atoms with E-state index in [1.165, 1.54) is 0 Å². The van der Waals surface area contributed by atoms with E-state index in [4.69, 9.17) is 5.73 Å². The van der Waals surface area contributed by atoms with Crippen LogP contribution in [0.15, 0.2) is 18.2 Å². The van der Waals surface area contributed by atoms with E-state index >= 15 is 0 Å². The molecule has 0 bridgehead atoms. The minimum atomic E-state index is -0.257. The molecular weight excluding hydrogens is 216 g/mol. The monoisotopic (exact) mass is 234 g/mol. The normalized spacial score (nSPS) is 17.2. The number of nitrogens with two attached hydrogens (primary N) is 1. The first-order valence-electron chi connectivity index (χ1n) is 5.91. The van der Waals surface area contributed by atoms with Crippen molar-refractivity contribution in [3.05, 3.63) is 29.3 Å². The van der Waals surface area contributed by atoms with E-state index in [1.54, 1.807) is 17.0 Å². The van der Waals surface area contributed by atoms with Crippen LogP contribution in [-0.2, 0) is 0 Å². The largest absolute Gasteiger partial charge is 0.399 e. The van der Waals surface area contributed by atoms with Gasteiger partial charge in [0.25, 0.3) is 5.91 Å². The van der Waals surface area contributed by atoms with E-state index in [2.05, 4.69) is 0 Å². The Kier molecular flexibility index (Phi) is 3.33. The van der Waals surface area contributed by atoms with Crippen molar-refractivity contribution in [1.29, 1.82) is 0 Å². The van der Waals surface area contributed by atoms with Crippen molar-refractivity contribution >= 4 is 11.6 Å². The summed E-state index contributed by atoms with van der Waals surface area (Å²) in [6.07, 6.45) is 1.08. The van der Waals surface area contributed by atoms with Crippen LogP contribution in [0.3, 0.4) is 0 Å². The number of likely N-dealkylation sites (tertiary alicyclic amines) is 1. The molecule has 2 rings (SSSR count). The van der Waals surface area contributed by atoms with Gasteiger partial charge in [-0.1, -0.05) is 0 Å². The summed E-state index contributed by atoms with van der Waals surface area (Å²) in [5, 5.41) is 9.41. The molecule has 0 radical (unpaired) electrons. The van der Waals surface area contributed by atoms with Gasteiger partial charge in [-0.05, 0) is 43.5 Å². The highest BCUT2D eigenvalue weighted by molar-refractivity contribution is 5.94. The summed E-state index contributed by atoms with van der Waals surface area (Å²) in [6.45, 7) is 3.15. The third-order valence-corrected chi connectivity index (χ3v) is 3.27. The first kappa shape index (κ1) is 11.9. The van der Waals surface area contributed by atoms with Gasteiger partial charge in [0.15, 0.2) is 0 Å². The third kappa shape index (κ3) is 2.58. The fourth-order valence-electron chi connectivity index (χ4n) is 2.06. The van der Waals surface area contributed by atoms with Gasteiger partial charge in [-0.2, -0.15) is 0 Å². The molecule has 1 heterocycles. The molecule has 1 saturated heterocycles. The van der Waals surface area contributed by atoms with Crippen LogP contribution in [0.25, 0.3) is 0 Å². The van der Waals surface area contributed by atoms with Gasteiger partial charge < -0.3 is 15.7 Å². The molecule has 4 nitrogen and oxygen atoms in total. The Morgan fingerprint density at radius 3 is 2.65 bits per heavy atom. The molecule has 0 spiro atoms. The average Bonchev–Trinajstić information content (AvgIpc) is 2.33. The second-order valence-electron chi connectivity index (χ2n) is 4.59. The average molecular weight is 234 g/mol. The number of hydrogen-bond acceptors (Lipinski definition) is 3. The molecule has 17 heavy (non-hydrogen) atoms. The predicted octanol–water partition coefficient (Wildman–Crippen LogP) is 1.17. The number of nitrogen functional groups attached to an aromatic ring is 1. The smallest absolute Gasteiger partial charge is 0.253 e. The Hall–Kier alpha value is -1.55. The molecule has 0 aromatic heterocycles. The number of carbonyl (C=O) groups excluding carboxylic acids is 1. The van der Waals surface area contributed by atoms with Crippen LogP contribution in [-0.4, -0.2) is 35.1 Å². The summed E-state index contributed by atoms with van der Waals surface area (Å²) >= 11 is 0. The molecule has 1 fully saturated rings. The van der Waals surface area contributed by atoms with E-state index in [0.717, 1.165) is 5.56 Å². The summed E-state index contributed by atoms with van der Waals surface area (Å²) in [5.41, 5.74) is 8.03. The van der Waals surface area contributed by atoms with Crippen LogP contribution in [0.4, 0.5) is 5.69 Å². The first-order chi connectivity index (χ1) is 8.08. The molecule has 0 aliphatic carbocycles. The standard InChI is InChI=1S/C13H18N2O2/c1-9-8-10(2-3-12(9)14)13(17)15-6-4-11(16)5-7-15/h2-3,8,11,16H,4-7,14H2,1H3. The van der Waals surface area contributed by atoms with E-state index in [-0.39, 0.29) is 12.0 Å². The van der Waals surface area contributed by atoms with Gasteiger partial charge in [-0.15, -0.1) is 0 Å². The highest BCUT2D eigenvalue weighted by Gasteiger charge is 2.22. The lowest BCUT2D eigenvalue weighted by Crippen LogP contribution is -2.40. The maximum atomic E-state index is 12.2. The maximum absolute atomic E-state index is 12.2. The van der Waals surface area contributed by atoms with Gasteiger partial charge in [0.2, 0.25) is 0 Å². The van der Waals surface area contributed by atoms with Gasteiger partial charge in [-0.25, -0.2) is 0 Å². The Morgan fingerprint density at radius 1 is 1.41 bits per heavy atom. The minimum Gasteiger partial charge on any atom is -0.399 e. The fourth-order valence-corrected chi connectivity index (χ4v) is 2.06. The maximum Gasteiger partial charge on any atom is 0.253 e. The SMILES string of the molecule is Cc1cc(C(=O)N2CCC(O)CC2)ccc1N. The molecule has 1 aliphatic heterocycles. The topological polar surface area (TPSA) is 66.6 Å². The van der Waals surface area contributed by atoms with Crippen molar-refractivity contribution in [2.45, 2.75) is 25.9 Å². The highest BCUT2D eigenvalue weighted by atomic mass is 16.3. The van der Waals surface area contributed by atoms with E-state index in [0.29, 0.717) is 37.2 Å². The summed E-state index contributed by atoms with van der Waals surface area (Å²) < 4.78 is 0. The van der Waals surface area contributed by atoms with Crippen LogP contribution < -0.4 is 5.73 Å². The molecule has 1 aromatic rings. The Labute approximate surface area is 101 Å². The molecule has 0 unspecified atom stereocenters. The molecule has 0 atom stereocenters. The van der Waals surface area contributed by atoms with E-state index in [1.807, 2.05) is 13.0 Å². The van der Waals surface area contributed by atoms with Gasteiger partial charge in [0, 0.05) is 24.3 Å². The summed E-state index contributed by atoms with van der Waals surface area (Å²) in [4.78, 5) is 14.0. The Bertz CT molecular complexity index is 423. The van der Waals surface area contributed by atoms with Crippen molar-refractivity contribution in [3.8, 4) is 0 Å². The predicted molar refractivity (Wildman–Crippen MR) is 66.7 cm³/mol. The van der Waals surface area contributed by atoms with Crippen LogP contribution in [0.1, 0.15) is 28.8 Å². The molecule has 0 saturated carbocycles. The quantitative estimate of drug-likeness (QED) is 0.717. The van der Waals surface area contributed by atoms with Crippen LogP contribution >= 0.6 is 0 Å². The molecule has 1 aromatic carbocycles. The Morgan fingerprint density at radius 2 is 2.06 bits per heavy atom. The van der Waals surface area contributed by atoms with Crippen LogP contribution in [0.2, 0.25) is 0 Å². The number of aliphatic hydroxyl groups excluding tert-OH is 1. The molecule has 92 valence electrons. The van der Waals surface area contributed by atoms with Crippen LogP contribution in [0.5, 0.6) is 0 Å². The molecular formula is C13H18N2O2. The molecule has 3 N–H and O–H groups in total. The number of anilines is 1. The van der Waals surface area contributed by atoms with Crippen molar-refractivity contribution < 1.29 is 9.90 Å². The lowest BCUT2D eigenvalue weighted by molar-refractivity contribution is 0.0546. The van der Waals surface area contributed by atoms with Gasteiger partial charge in [0.05, 0.1) is 6.10 Å². The molecule has 4 heteroatoms. The van der Waals surface area contributed by atoms with Crippen molar-refractivity contribution in [2.75, 3.05) is 18.8 Å². The van der Waals surface area contributed by atoms with Gasteiger partial charge in [-0.3, -0.25) is 4.79 Å². The first-order valence-corrected chi connectivity index (χ1v) is 5.91. The number of rotatable bonds is 1. The van der Waals surface area contributed by atoms with Crippen molar-refractivity contribution in [1.82, 2.24) is 4.90 Å². The van der Waals surface area contributed by atoms with Crippen LogP contribution in [0, 0.1) is 6.92 Å². The zero-order chi connectivity index (χ0) is 12.4. The molecule has 1 amide bonds. The number of benzene rings is 1. The summed E-state index contributed by atoms with van der Waals surface area (Å²) in [6, 6.07) is 5.35. The zero-order valence-corrected chi connectivity index (χ0v) is 10.0.